The van der Waals surface area contributed by atoms with E-state index in [-0.39, 0.29) is 16.8 Å². The van der Waals surface area contributed by atoms with Crippen LogP contribution in [0.15, 0.2) is 24.3 Å². The zero-order valence-corrected chi connectivity index (χ0v) is 22.1. The van der Waals surface area contributed by atoms with Crippen LogP contribution in [0.5, 0.6) is 0 Å². The normalized spacial score (nSPS) is 26.1. The van der Waals surface area contributed by atoms with Crippen molar-refractivity contribution in [2.24, 2.45) is 0 Å². The molecule has 2 aliphatic rings. The summed E-state index contributed by atoms with van der Waals surface area (Å²) in [6.07, 6.45) is -4.56. The Kier molecular flexibility index (Phi) is 7.01. The first kappa shape index (κ1) is 26.7. The van der Waals surface area contributed by atoms with Crippen molar-refractivity contribution in [3.63, 3.8) is 0 Å². The molecule has 0 spiro atoms. The number of aromatic nitrogens is 4. The highest BCUT2D eigenvalue weighted by atomic mass is 35.5. The Labute approximate surface area is 220 Å². The van der Waals surface area contributed by atoms with Gasteiger partial charge in [0, 0.05) is 11.1 Å². The van der Waals surface area contributed by atoms with Gasteiger partial charge in [-0.15, -0.1) is 5.10 Å². The zero-order chi connectivity index (χ0) is 26.7. The Morgan fingerprint density at radius 1 is 1.19 bits per heavy atom. The highest BCUT2D eigenvalue weighted by Gasteiger charge is 2.47. The number of nitrogens with one attached hydrogen (secondary N) is 1. The Morgan fingerprint density at radius 3 is 2.68 bits per heavy atom. The molecule has 1 aliphatic carbocycles. The lowest BCUT2D eigenvalue weighted by Gasteiger charge is -2.17. The van der Waals surface area contributed by atoms with Crippen LogP contribution in [0.25, 0.3) is 11.2 Å². The van der Waals surface area contributed by atoms with Crippen LogP contribution in [-0.2, 0) is 25.6 Å². The fraction of sp³-hybridized carbons (Fsp3) is 0.450. The van der Waals surface area contributed by atoms with Gasteiger partial charge in [-0.1, -0.05) is 34.5 Å². The third-order valence-corrected chi connectivity index (χ3v) is 10.5. The van der Waals surface area contributed by atoms with Gasteiger partial charge in [0.2, 0.25) is 0 Å². The Morgan fingerprint density at radius 2 is 1.95 bits per heavy atom. The van der Waals surface area contributed by atoms with E-state index in [4.69, 9.17) is 37.7 Å². The van der Waals surface area contributed by atoms with Gasteiger partial charge in [0.25, 0.3) is 0 Å². The van der Waals surface area contributed by atoms with Crippen LogP contribution in [0.1, 0.15) is 29.8 Å². The van der Waals surface area contributed by atoms with Crippen LogP contribution < -0.4 is 5.32 Å². The number of anilines is 1. The molecule has 1 aromatic carbocycles. The van der Waals surface area contributed by atoms with E-state index in [1.807, 2.05) is 18.2 Å². The molecule has 13 nitrogen and oxygen atoms in total. The topological polar surface area (TPSA) is 197 Å². The van der Waals surface area contributed by atoms with Crippen LogP contribution in [0.2, 0.25) is 10.2 Å². The number of hydrogen-bond donors (Lipinski definition) is 5. The summed E-state index contributed by atoms with van der Waals surface area (Å²) < 4.78 is 42.1. The molecule has 3 aromatic rings. The van der Waals surface area contributed by atoms with Gasteiger partial charge in [0.15, 0.2) is 32.7 Å². The average Bonchev–Trinajstić information content (AvgIpc) is 3.44. The van der Waals surface area contributed by atoms with Crippen molar-refractivity contribution in [3.8, 4) is 0 Å². The predicted octanol–water partition coefficient (Wildman–Crippen LogP) is 1.40. The standard InChI is InChI=1S/C20H22Cl2N5O8PS/c21-10-2-3-11-9(5-10)1-4-12(11)23-13-6-15(22)24-19-16(13)25-26-27(19)20-18(29)17(28)14(35-20)7-37(33,34)8-36(30,31)32/h2-3,5-6,12,14,17-18,20,28-29H,1,4,7-8H2,(H,23,24)(H2,30,31,32)/t12?,14-,17-,18-,20-/m1/s1. The first-order chi connectivity index (χ1) is 17.3. The first-order valence-corrected chi connectivity index (χ1v) is 15.4. The van der Waals surface area contributed by atoms with Gasteiger partial charge >= 0.3 is 7.60 Å². The van der Waals surface area contributed by atoms with Crippen molar-refractivity contribution in [3.05, 3.63) is 45.6 Å². The number of aryl methyl sites for hydroxylation is 1. The summed E-state index contributed by atoms with van der Waals surface area (Å²) >= 11 is 12.4. The molecular weight excluding hydrogens is 572 g/mol. The minimum absolute atomic E-state index is 0.0576. The number of rotatable bonds is 7. The number of sulfone groups is 1. The molecule has 1 saturated heterocycles. The zero-order valence-electron chi connectivity index (χ0n) is 18.8. The molecule has 3 heterocycles. The summed E-state index contributed by atoms with van der Waals surface area (Å²) in [4.78, 5) is 22.3. The minimum atomic E-state index is -4.88. The smallest absolute Gasteiger partial charge is 0.340 e. The summed E-state index contributed by atoms with van der Waals surface area (Å²) in [6, 6.07) is 7.20. The van der Waals surface area contributed by atoms with Crippen LogP contribution in [0.4, 0.5) is 5.69 Å². The van der Waals surface area contributed by atoms with E-state index in [1.165, 1.54) is 0 Å². The van der Waals surface area contributed by atoms with E-state index in [0.29, 0.717) is 16.2 Å². The van der Waals surface area contributed by atoms with Crippen LogP contribution in [-0.4, -0.2) is 78.0 Å². The lowest BCUT2D eigenvalue weighted by molar-refractivity contribution is -0.0375. The van der Waals surface area contributed by atoms with E-state index in [9.17, 15) is 23.2 Å². The van der Waals surface area contributed by atoms with Crippen LogP contribution >= 0.6 is 30.8 Å². The predicted molar refractivity (Wildman–Crippen MR) is 133 cm³/mol. The number of halogens is 2. The monoisotopic (exact) mass is 593 g/mol. The second-order valence-electron chi connectivity index (χ2n) is 9.03. The molecule has 1 aliphatic heterocycles. The number of pyridine rings is 1. The SMILES string of the molecule is O=P(O)(O)CS(=O)(=O)C[C@H]1O[C@@H](n2nnc3c(NC4CCc5cc(Cl)ccc54)cc(Cl)nc32)[C@H](O)[C@@H]1O. The molecule has 0 bridgehead atoms. The summed E-state index contributed by atoms with van der Waals surface area (Å²) in [5.41, 5.74) is 1.72. The van der Waals surface area contributed by atoms with Crippen LogP contribution in [0.3, 0.4) is 0 Å². The van der Waals surface area contributed by atoms with E-state index in [0.717, 1.165) is 28.7 Å². The van der Waals surface area contributed by atoms with Crippen LogP contribution in [0, 0.1) is 0 Å². The molecule has 5 rings (SSSR count). The van der Waals surface area contributed by atoms with Gasteiger partial charge in [-0.3, -0.25) is 4.57 Å². The highest BCUT2D eigenvalue weighted by Crippen LogP contribution is 2.40. The van der Waals surface area contributed by atoms with E-state index >= 15 is 0 Å². The van der Waals surface area contributed by atoms with Gasteiger partial charge in [0.1, 0.15) is 23.5 Å². The highest BCUT2D eigenvalue weighted by molar-refractivity contribution is 7.97. The van der Waals surface area contributed by atoms with Crippen molar-refractivity contribution in [1.82, 2.24) is 20.0 Å². The largest absolute Gasteiger partial charge is 0.387 e. The molecular formula is C20H22Cl2N5O8PS. The molecule has 200 valence electrons. The molecule has 0 radical (unpaired) electrons. The minimum Gasteiger partial charge on any atom is -0.387 e. The summed E-state index contributed by atoms with van der Waals surface area (Å²) in [5, 5.41) is 33.3. The summed E-state index contributed by atoms with van der Waals surface area (Å²) in [7, 11) is -9.20. The maximum absolute atomic E-state index is 12.2. The molecule has 2 aromatic heterocycles. The molecule has 5 atom stereocenters. The van der Waals surface area contributed by atoms with Crippen molar-refractivity contribution < 1.29 is 37.7 Å². The molecule has 0 saturated carbocycles. The molecule has 1 fully saturated rings. The number of nitrogens with zero attached hydrogens (tertiary/aromatic N) is 4. The van der Waals surface area contributed by atoms with E-state index in [2.05, 4.69) is 20.6 Å². The van der Waals surface area contributed by atoms with Gasteiger partial charge in [-0.25, -0.2) is 13.4 Å². The Hall–Kier alpha value is -1.87. The fourth-order valence-corrected chi connectivity index (χ4v) is 8.35. The van der Waals surface area contributed by atoms with Gasteiger partial charge in [-0.05, 0) is 36.1 Å². The third kappa shape index (κ3) is 5.49. The third-order valence-electron chi connectivity index (χ3n) is 6.28. The average molecular weight is 594 g/mol. The number of hydrogen-bond acceptors (Lipinski definition) is 10. The molecule has 37 heavy (non-hydrogen) atoms. The molecule has 1 unspecified atom stereocenters. The second-order valence-corrected chi connectivity index (χ2v) is 14.0. The number of aliphatic hydroxyl groups excluding tert-OH is 2. The summed E-state index contributed by atoms with van der Waals surface area (Å²) in [5.74, 6) is -0.925. The van der Waals surface area contributed by atoms with E-state index in [1.54, 1.807) is 6.07 Å². The first-order valence-electron chi connectivity index (χ1n) is 11.0. The Bertz CT molecular complexity index is 1520. The van der Waals surface area contributed by atoms with Crippen molar-refractivity contribution in [1.29, 1.82) is 0 Å². The number of aliphatic hydroxyl groups is 2. The number of ether oxygens (including phenoxy) is 1. The lowest BCUT2D eigenvalue weighted by Crippen LogP contribution is -2.36. The maximum Gasteiger partial charge on any atom is 0.340 e. The number of benzene rings is 1. The maximum atomic E-state index is 12.2. The number of fused-ring (bicyclic) bond motifs is 2. The quantitative estimate of drug-likeness (QED) is 0.195. The molecule has 0 amide bonds. The second kappa shape index (κ2) is 9.70. The van der Waals surface area contributed by atoms with Crippen molar-refractivity contribution in [2.45, 2.75) is 43.4 Å². The summed E-state index contributed by atoms with van der Waals surface area (Å²) in [6.45, 7) is 0. The van der Waals surface area contributed by atoms with Gasteiger partial charge in [-0.2, -0.15) is 4.68 Å². The lowest BCUT2D eigenvalue weighted by atomic mass is 10.1. The molecule has 5 N–H and O–H groups in total. The van der Waals surface area contributed by atoms with Crippen molar-refractivity contribution in [2.75, 3.05) is 16.6 Å². The fourth-order valence-electron chi connectivity index (χ4n) is 4.72. The van der Waals surface area contributed by atoms with Gasteiger partial charge < -0.3 is 30.1 Å². The van der Waals surface area contributed by atoms with Gasteiger partial charge in [0.05, 0.1) is 17.5 Å². The Balaban J connectivity index is 1.42. The molecule has 17 heteroatoms. The van der Waals surface area contributed by atoms with Crippen molar-refractivity contribution >= 4 is 57.5 Å². The van der Waals surface area contributed by atoms with E-state index < -0.39 is 53.2 Å².